The van der Waals surface area contributed by atoms with E-state index >= 15 is 0 Å². The Kier molecular flexibility index (Phi) is 7.18. The minimum Gasteiger partial charge on any atom is -0.448 e. The minimum atomic E-state index is -0.165. The summed E-state index contributed by atoms with van der Waals surface area (Å²) in [4.78, 5) is 16.0. The third-order valence-electron chi connectivity index (χ3n) is 3.24. The second-order valence-corrected chi connectivity index (χ2v) is 4.79. The van der Waals surface area contributed by atoms with E-state index in [1.807, 2.05) is 0 Å². The van der Waals surface area contributed by atoms with E-state index in [1.54, 1.807) is 0 Å². The number of nitrogens with two attached hydrogens (primary N) is 1. The molecule has 0 aliphatic rings. The van der Waals surface area contributed by atoms with Gasteiger partial charge in [-0.25, -0.2) is 4.98 Å². The highest BCUT2D eigenvalue weighted by atomic mass is 16.3. The topological polar surface area (TPSA) is 81.2 Å². The van der Waals surface area contributed by atoms with Crippen LogP contribution in [0.3, 0.4) is 0 Å². The summed E-state index contributed by atoms with van der Waals surface area (Å²) in [7, 11) is 0. The molecule has 0 fully saturated rings. The fourth-order valence-electron chi connectivity index (χ4n) is 1.92. The lowest BCUT2D eigenvalue weighted by Gasteiger charge is -2.14. The molecule has 1 rings (SSSR count). The molecular formula is C14H25N3O2. The second kappa shape index (κ2) is 8.69. The number of aromatic nitrogens is 1. The van der Waals surface area contributed by atoms with Crippen LogP contribution >= 0.6 is 0 Å². The molecule has 0 saturated heterocycles. The molecule has 0 aliphatic carbocycles. The van der Waals surface area contributed by atoms with E-state index in [2.05, 4.69) is 24.1 Å². The van der Waals surface area contributed by atoms with Gasteiger partial charge in [-0.2, -0.15) is 0 Å². The molecular weight excluding hydrogens is 242 g/mol. The van der Waals surface area contributed by atoms with Crippen LogP contribution in [0.25, 0.3) is 0 Å². The maximum atomic E-state index is 11.9. The van der Waals surface area contributed by atoms with Crippen molar-refractivity contribution in [2.24, 2.45) is 11.7 Å². The van der Waals surface area contributed by atoms with Crippen molar-refractivity contribution < 1.29 is 9.21 Å². The molecule has 0 bridgehead atoms. The van der Waals surface area contributed by atoms with Gasteiger partial charge in [0.2, 0.25) is 0 Å². The van der Waals surface area contributed by atoms with Crippen molar-refractivity contribution in [1.82, 2.24) is 10.3 Å². The molecule has 108 valence electrons. The number of amides is 1. The van der Waals surface area contributed by atoms with E-state index in [-0.39, 0.29) is 5.91 Å². The van der Waals surface area contributed by atoms with Crippen molar-refractivity contribution in [3.63, 3.8) is 0 Å². The number of carbonyl (C=O) groups excluding carboxylic acids is 1. The molecule has 0 aromatic carbocycles. The Hall–Kier alpha value is -1.36. The molecule has 0 radical (unpaired) electrons. The molecule has 1 unspecified atom stereocenters. The molecule has 0 aliphatic heterocycles. The van der Waals surface area contributed by atoms with Crippen LogP contribution in [0.15, 0.2) is 10.7 Å². The monoisotopic (exact) mass is 267 g/mol. The van der Waals surface area contributed by atoms with E-state index < -0.39 is 0 Å². The second-order valence-electron chi connectivity index (χ2n) is 4.79. The molecule has 0 saturated carbocycles. The molecule has 1 amide bonds. The minimum absolute atomic E-state index is 0.165. The molecule has 0 spiro atoms. The molecule has 19 heavy (non-hydrogen) atoms. The van der Waals surface area contributed by atoms with Crippen molar-refractivity contribution in [2.75, 3.05) is 13.1 Å². The molecule has 1 heterocycles. The summed E-state index contributed by atoms with van der Waals surface area (Å²) in [5.41, 5.74) is 5.75. The Bertz CT molecular complexity index is 377. The van der Waals surface area contributed by atoms with Crippen LogP contribution in [-0.4, -0.2) is 24.0 Å². The largest absolute Gasteiger partial charge is 0.448 e. The number of hydrogen-bond donors (Lipinski definition) is 2. The van der Waals surface area contributed by atoms with Gasteiger partial charge in [0, 0.05) is 19.5 Å². The van der Waals surface area contributed by atoms with Gasteiger partial charge in [0.15, 0.2) is 11.6 Å². The van der Waals surface area contributed by atoms with Gasteiger partial charge in [0.1, 0.15) is 6.26 Å². The van der Waals surface area contributed by atoms with Gasteiger partial charge in [-0.05, 0) is 12.3 Å². The number of nitrogens with one attached hydrogen (secondary N) is 1. The molecule has 1 atom stereocenters. The van der Waals surface area contributed by atoms with Gasteiger partial charge in [-0.15, -0.1) is 0 Å². The highest BCUT2D eigenvalue weighted by Gasteiger charge is 2.13. The summed E-state index contributed by atoms with van der Waals surface area (Å²) >= 11 is 0. The summed E-state index contributed by atoms with van der Waals surface area (Å²) in [6, 6.07) is 0. The number of hydrogen-bond acceptors (Lipinski definition) is 4. The highest BCUT2D eigenvalue weighted by molar-refractivity contribution is 5.91. The summed E-state index contributed by atoms with van der Waals surface area (Å²) in [6.45, 7) is 5.51. The van der Waals surface area contributed by atoms with Gasteiger partial charge >= 0.3 is 0 Å². The maximum absolute atomic E-state index is 11.9. The Morgan fingerprint density at radius 1 is 1.53 bits per heavy atom. The Morgan fingerprint density at radius 2 is 2.32 bits per heavy atom. The van der Waals surface area contributed by atoms with Gasteiger partial charge in [0.25, 0.3) is 5.91 Å². The summed E-state index contributed by atoms with van der Waals surface area (Å²) in [5, 5.41) is 2.92. The fraction of sp³-hybridized carbons (Fsp3) is 0.714. The fourth-order valence-corrected chi connectivity index (χ4v) is 1.92. The summed E-state index contributed by atoms with van der Waals surface area (Å²) < 4.78 is 5.17. The van der Waals surface area contributed by atoms with Crippen molar-refractivity contribution in [2.45, 2.75) is 46.0 Å². The van der Waals surface area contributed by atoms with Crippen molar-refractivity contribution in [3.05, 3.63) is 17.8 Å². The number of rotatable bonds is 9. The predicted octanol–water partition coefficient (Wildman–Crippen LogP) is 2.12. The standard InChI is InChI=1S/C14H25N3O2/c1-3-5-6-11(4-2)9-16-14(18)12-10-19-13(17-12)7-8-15/h10-11H,3-9,15H2,1-2H3,(H,16,18). The SMILES string of the molecule is CCCCC(CC)CNC(=O)c1coc(CCN)n1. The first-order valence-electron chi connectivity index (χ1n) is 7.13. The van der Waals surface area contributed by atoms with E-state index in [1.165, 1.54) is 19.1 Å². The van der Waals surface area contributed by atoms with Crippen molar-refractivity contribution in [1.29, 1.82) is 0 Å². The average Bonchev–Trinajstić information content (AvgIpc) is 2.88. The van der Waals surface area contributed by atoms with E-state index in [0.29, 0.717) is 37.0 Å². The van der Waals surface area contributed by atoms with Crippen LogP contribution in [0.5, 0.6) is 0 Å². The van der Waals surface area contributed by atoms with Gasteiger partial charge in [0.05, 0.1) is 0 Å². The Labute approximate surface area is 115 Å². The summed E-state index contributed by atoms with van der Waals surface area (Å²) in [5.74, 6) is 0.895. The zero-order valence-electron chi connectivity index (χ0n) is 11.9. The van der Waals surface area contributed by atoms with Crippen LogP contribution in [0.2, 0.25) is 0 Å². The molecule has 5 heteroatoms. The highest BCUT2D eigenvalue weighted by Crippen LogP contribution is 2.11. The number of oxazole rings is 1. The first-order chi connectivity index (χ1) is 9.21. The Morgan fingerprint density at radius 3 is 2.95 bits per heavy atom. The quantitative estimate of drug-likeness (QED) is 0.718. The summed E-state index contributed by atoms with van der Waals surface area (Å²) in [6.07, 6.45) is 6.59. The average molecular weight is 267 g/mol. The van der Waals surface area contributed by atoms with E-state index in [4.69, 9.17) is 10.2 Å². The van der Waals surface area contributed by atoms with Gasteiger partial charge in [-0.1, -0.05) is 33.1 Å². The number of nitrogens with zero attached hydrogens (tertiary/aromatic N) is 1. The van der Waals surface area contributed by atoms with Crippen LogP contribution in [0.1, 0.15) is 55.9 Å². The molecule has 5 nitrogen and oxygen atoms in total. The predicted molar refractivity (Wildman–Crippen MR) is 74.9 cm³/mol. The third-order valence-corrected chi connectivity index (χ3v) is 3.24. The third kappa shape index (κ3) is 5.42. The van der Waals surface area contributed by atoms with Crippen LogP contribution in [0.4, 0.5) is 0 Å². The van der Waals surface area contributed by atoms with Gasteiger partial charge in [-0.3, -0.25) is 4.79 Å². The van der Waals surface area contributed by atoms with E-state index in [9.17, 15) is 4.79 Å². The van der Waals surface area contributed by atoms with Crippen molar-refractivity contribution >= 4 is 5.91 Å². The maximum Gasteiger partial charge on any atom is 0.273 e. The van der Waals surface area contributed by atoms with E-state index in [0.717, 1.165) is 12.8 Å². The molecule has 3 N–H and O–H groups in total. The van der Waals surface area contributed by atoms with Crippen LogP contribution < -0.4 is 11.1 Å². The smallest absolute Gasteiger partial charge is 0.273 e. The Balaban J connectivity index is 2.40. The van der Waals surface area contributed by atoms with Crippen LogP contribution in [-0.2, 0) is 6.42 Å². The lowest BCUT2D eigenvalue weighted by molar-refractivity contribution is 0.0940. The zero-order chi connectivity index (χ0) is 14.1. The lowest BCUT2D eigenvalue weighted by Crippen LogP contribution is -2.29. The number of carbonyl (C=O) groups is 1. The first-order valence-corrected chi connectivity index (χ1v) is 7.13. The van der Waals surface area contributed by atoms with Crippen LogP contribution in [0, 0.1) is 5.92 Å². The number of unbranched alkanes of at least 4 members (excludes halogenated alkanes) is 1. The van der Waals surface area contributed by atoms with Crippen molar-refractivity contribution in [3.8, 4) is 0 Å². The normalized spacial score (nSPS) is 12.4. The lowest BCUT2D eigenvalue weighted by atomic mass is 9.99. The first kappa shape index (κ1) is 15.7. The zero-order valence-corrected chi connectivity index (χ0v) is 11.9. The van der Waals surface area contributed by atoms with Gasteiger partial charge < -0.3 is 15.5 Å². The molecule has 1 aromatic heterocycles. The molecule has 1 aromatic rings.